The lowest BCUT2D eigenvalue weighted by atomic mass is 9.88. The average Bonchev–Trinajstić information content (AvgIpc) is 3.26. The Hall–Kier alpha value is -3.93. The quantitative estimate of drug-likeness (QED) is 0.446. The maximum Gasteiger partial charge on any atom is 0.359 e. The number of carbonyl (C=O) groups excluding carboxylic acids is 2. The highest BCUT2D eigenvalue weighted by molar-refractivity contribution is 5.90. The van der Waals surface area contributed by atoms with Crippen LogP contribution in [0, 0.1) is 0 Å². The van der Waals surface area contributed by atoms with Crippen LogP contribution in [-0.2, 0) is 9.53 Å². The lowest BCUT2D eigenvalue weighted by Crippen LogP contribution is -2.30. The summed E-state index contributed by atoms with van der Waals surface area (Å²) in [6.07, 6.45) is 4.11. The van der Waals surface area contributed by atoms with Crippen molar-refractivity contribution in [3.8, 4) is 0 Å². The molecule has 0 saturated heterocycles. The number of carbonyl (C=O) groups is 2. The van der Waals surface area contributed by atoms with E-state index in [1.807, 2.05) is 48.5 Å². The SMILES string of the molecule is O=C(COC(=O)c1cn2ccccc2n1)NCCC(c1ccccc1)c1ccccc1. The second-order valence-corrected chi connectivity index (χ2v) is 7.18. The first kappa shape index (κ1) is 20.3. The number of hydrogen-bond acceptors (Lipinski definition) is 4. The number of fused-ring (bicyclic) bond motifs is 1. The third kappa shape index (κ3) is 5.17. The van der Waals surface area contributed by atoms with Crippen LogP contribution < -0.4 is 5.32 Å². The molecule has 2 aromatic carbocycles. The summed E-state index contributed by atoms with van der Waals surface area (Å²) in [6, 6.07) is 25.9. The maximum atomic E-state index is 12.2. The number of rotatable bonds is 8. The number of imidazole rings is 1. The third-order valence-corrected chi connectivity index (χ3v) is 5.07. The molecule has 0 radical (unpaired) electrons. The predicted molar refractivity (Wildman–Crippen MR) is 118 cm³/mol. The van der Waals surface area contributed by atoms with Gasteiger partial charge in [-0.05, 0) is 29.7 Å². The highest BCUT2D eigenvalue weighted by atomic mass is 16.5. The smallest absolute Gasteiger partial charge is 0.359 e. The Morgan fingerprint density at radius 3 is 2.19 bits per heavy atom. The third-order valence-electron chi connectivity index (χ3n) is 5.07. The van der Waals surface area contributed by atoms with Crippen molar-refractivity contribution in [2.24, 2.45) is 0 Å². The van der Waals surface area contributed by atoms with E-state index in [4.69, 9.17) is 4.74 Å². The monoisotopic (exact) mass is 413 g/mol. The van der Waals surface area contributed by atoms with Gasteiger partial charge in [0.25, 0.3) is 5.91 Å². The van der Waals surface area contributed by atoms with Crippen molar-refractivity contribution < 1.29 is 14.3 Å². The summed E-state index contributed by atoms with van der Waals surface area (Å²) in [4.78, 5) is 28.6. The zero-order valence-corrected chi connectivity index (χ0v) is 17.0. The highest BCUT2D eigenvalue weighted by Crippen LogP contribution is 2.27. The molecule has 156 valence electrons. The number of nitrogens with one attached hydrogen (secondary N) is 1. The molecule has 0 saturated carbocycles. The molecule has 4 rings (SSSR count). The van der Waals surface area contributed by atoms with Crippen molar-refractivity contribution in [2.75, 3.05) is 13.2 Å². The summed E-state index contributed by atoms with van der Waals surface area (Å²) in [6.45, 7) is 0.132. The van der Waals surface area contributed by atoms with E-state index < -0.39 is 5.97 Å². The van der Waals surface area contributed by atoms with Gasteiger partial charge in [0.1, 0.15) is 5.65 Å². The molecule has 6 heteroatoms. The number of aromatic nitrogens is 2. The van der Waals surface area contributed by atoms with Gasteiger partial charge in [-0.1, -0.05) is 66.7 Å². The standard InChI is InChI=1S/C25H23N3O3/c29-24(18-31-25(30)22-17-28-16-8-7-13-23(28)27-22)26-15-14-21(19-9-3-1-4-10-19)20-11-5-2-6-12-20/h1-13,16-17,21H,14-15,18H2,(H,26,29). The molecule has 0 fully saturated rings. The van der Waals surface area contributed by atoms with Crippen LogP contribution >= 0.6 is 0 Å². The Morgan fingerprint density at radius 1 is 0.903 bits per heavy atom. The maximum absolute atomic E-state index is 12.2. The van der Waals surface area contributed by atoms with Crippen molar-refractivity contribution in [3.63, 3.8) is 0 Å². The largest absolute Gasteiger partial charge is 0.451 e. The molecule has 2 aromatic heterocycles. The summed E-state index contributed by atoms with van der Waals surface area (Å²) in [5.74, 6) is -0.787. The number of pyridine rings is 1. The van der Waals surface area contributed by atoms with Gasteiger partial charge in [-0.2, -0.15) is 0 Å². The molecule has 0 aliphatic carbocycles. The van der Waals surface area contributed by atoms with Crippen molar-refractivity contribution in [1.29, 1.82) is 0 Å². The van der Waals surface area contributed by atoms with Crippen LogP contribution in [0.3, 0.4) is 0 Å². The Kier molecular flexibility index (Phi) is 6.38. The Labute approximate surface area is 180 Å². The van der Waals surface area contributed by atoms with Crippen LogP contribution in [-0.4, -0.2) is 34.4 Å². The lowest BCUT2D eigenvalue weighted by molar-refractivity contribution is -0.124. The van der Waals surface area contributed by atoms with Gasteiger partial charge in [0.15, 0.2) is 12.3 Å². The van der Waals surface area contributed by atoms with Crippen LogP contribution in [0.1, 0.15) is 34.0 Å². The van der Waals surface area contributed by atoms with E-state index in [9.17, 15) is 9.59 Å². The molecular formula is C25H23N3O3. The molecule has 0 aliphatic rings. The van der Waals surface area contributed by atoms with Crippen molar-refractivity contribution >= 4 is 17.5 Å². The number of nitrogens with zero attached hydrogens (tertiary/aromatic N) is 2. The summed E-state index contributed by atoms with van der Waals surface area (Å²) >= 11 is 0. The summed E-state index contributed by atoms with van der Waals surface area (Å²) < 4.78 is 6.85. The molecule has 6 nitrogen and oxygen atoms in total. The normalized spacial score (nSPS) is 10.9. The summed E-state index contributed by atoms with van der Waals surface area (Å²) in [5.41, 5.74) is 3.21. The first-order valence-corrected chi connectivity index (χ1v) is 10.2. The van der Waals surface area contributed by atoms with Gasteiger partial charge < -0.3 is 14.5 Å². The second kappa shape index (κ2) is 9.71. The molecular weight excluding hydrogens is 390 g/mol. The van der Waals surface area contributed by atoms with Crippen LogP contribution in [0.5, 0.6) is 0 Å². The minimum absolute atomic E-state index is 0.170. The van der Waals surface area contributed by atoms with E-state index >= 15 is 0 Å². The van der Waals surface area contributed by atoms with E-state index in [2.05, 4.69) is 34.6 Å². The first-order valence-electron chi connectivity index (χ1n) is 10.2. The fourth-order valence-electron chi connectivity index (χ4n) is 3.54. The van der Waals surface area contributed by atoms with Crippen LogP contribution in [0.25, 0.3) is 5.65 Å². The molecule has 2 heterocycles. The molecule has 31 heavy (non-hydrogen) atoms. The minimum atomic E-state index is -0.620. The Morgan fingerprint density at radius 2 is 1.55 bits per heavy atom. The number of hydrogen-bond donors (Lipinski definition) is 1. The molecule has 0 aliphatic heterocycles. The molecule has 1 N–H and O–H groups in total. The number of amides is 1. The van der Waals surface area contributed by atoms with E-state index in [-0.39, 0.29) is 24.1 Å². The van der Waals surface area contributed by atoms with E-state index in [1.165, 1.54) is 11.1 Å². The molecule has 4 aromatic rings. The van der Waals surface area contributed by atoms with Gasteiger partial charge in [-0.3, -0.25) is 4.79 Å². The fraction of sp³-hybridized carbons (Fsp3) is 0.160. The van der Waals surface area contributed by atoms with Gasteiger partial charge in [0.2, 0.25) is 0 Å². The van der Waals surface area contributed by atoms with E-state index in [1.54, 1.807) is 22.9 Å². The van der Waals surface area contributed by atoms with Crippen LogP contribution in [0.15, 0.2) is 91.3 Å². The van der Waals surface area contributed by atoms with Gasteiger partial charge in [0.05, 0.1) is 0 Å². The molecule has 1 amide bonds. The topological polar surface area (TPSA) is 72.7 Å². The predicted octanol–water partition coefficient (Wildman–Crippen LogP) is 3.83. The lowest BCUT2D eigenvalue weighted by Gasteiger charge is -2.18. The summed E-state index contributed by atoms with van der Waals surface area (Å²) in [5, 5.41) is 2.84. The van der Waals surface area contributed by atoms with Crippen molar-refractivity contribution in [3.05, 3.63) is 108 Å². The van der Waals surface area contributed by atoms with Gasteiger partial charge in [-0.15, -0.1) is 0 Å². The fourth-order valence-corrected chi connectivity index (χ4v) is 3.54. The highest BCUT2D eigenvalue weighted by Gasteiger charge is 2.16. The van der Waals surface area contributed by atoms with Gasteiger partial charge in [-0.25, -0.2) is 9.78 Å². The molecule has 0 spiro atoms. The number of esters is 1. The molecule has 0 unspecified atom stereocenters. The molecule has 0 atom stereocenters. The Balaban J connectivity index is 1.30. The van der Waals surface area contributed by atoms with Gasteiger partial charge in [0, 0.05) is 24.9 Å². The van der Waals surface area contributed by atoms with E-state index in [0.717, 1.165) is 6.42 Å². The van der Waals surface area contributed by atoms with Crippen molar-refractivity contribution in [2.45, 2.75) is 12.3 Å². The summed E-state index contributed by atoms with van der Waals surface area (Å²) in [7, 11) is 0. The number of benzene rings is 2. The minimum Gasteiger partial charge on any atom is -0.451 e. The van der Waals surface area contributed by atoms with Crippen LogP contribution in [0.2, 0.25) is 0 Å². The second-order valence-electron chi connectivity index (χ2n) is 7.18. The number of ether oxygens (including phenoxy) is 1. The first-order chi connectivity index (χ1) is 15.2. The van der Waals surface area contributed by atoms with Gasteiger partial charge >= 0.3 is 5.97 Å². The van der Waals surface area contributed by atoms with Crippen molar-refractivity contribution in [1.82, 2.24) is 14.7 Å². The van der Waals surface area contributed by atoms with E-state index in [0.29, 0.717) is 12.2 Å². The zero-order chi connectivity index (χ0) is 21.5. The van der Waals surface area contributed by atoms with Crippen LogP contribution in [0.4, 0.5) is 0 Å². The zero-order valence-electron chi connectivity index (χ0n) is 17.0. The Bertz CT molecular complexity index is 1080. The molecule has 0 bridgehead atoms. The average molecular weight is 413 g/mol.